The molecular formula is C11H12NaO3+. The van der Waals surface area contributed by atoms with E-state index in [2.05, 4.69) is 4.74 Å². The maximum atomic E-state index is 11.4. The summed E-state index contributed by atoms with van der Waals surface area (Å²) in [5.74, 6) is -0.676. The van der Waals surface area contributed by atoms with E-state index in [4.69, 9.17) is 0 Å². The van der Waals surface area contributed by atoms with Gasteiger partial charge in [-0.1, -0.05) is 30.3 Å². The van der Waals surface area contributed by atoms with E-state index < -0.39 is 5.97 Å². The molecule has 0 heterocycles. The molecule has 15 heavy (non-hydrogen) atoms. The van der Waals surface area contributed by atoms with Gasteiger partial charge >= 0.3 is 35.5 Å². The van der Waals surface area contributed by atoms with Crippen molar-refractivity contribution in [1.82, 2.24) is 0 Å². The maximum absolute atomic E-state index is 11.4. The maximum Gasteiger partial charge on any atom is 1.00 e. The van der Waals surface area contributed by atoms with Crippen molar-refractivity contribution in [2.75, 3.05) is 6.61 Å². The average Bonchev–Trinajstić information content (AvgIpc) is 2.19. The SMILES string of the molecule is CCOC(=O)CC(=O)c1ccccc1.[Na+]. The standard InChI is InChI=1S/C11H12O3.Na/c1-2-14-11(13)8-10(12)9-6-4-3-5-7-9;/h3-7H,2,8H2,1H3;/q;+1. The second kappa shape index (κ2) is 7.63. The van der Waals surface area contributed by atoms with Gasteiger partial charge in [-0.2, -0.15) is 0 Å². The van der Waals surface area contributed by atoms with E-state index >= 15 is 0 Å². The van der Waals surface area contributed by atoms with E-state index in [0.29, 0.717) is 12.2 Å². The van der Waals surface area contributed by atoms with Gasteiger partial charge in [0.25, 0.3) is 0 Å². The number of ether oxygens (including phenoxy) is 1. The second-order valence-corrected chi connectivity index (χ2v) is 2.77. The summed E-state index contributed by atoms with van der Waals surface area (Å²) in [6, 6.07) is 8.71. The number of esters is 1. The largest absolute Gasteiger partial charge is 1.00 e. The predicted octanol–water partition coefficient (Wildman–Crippen LogP) is -1.17. The molecule has 0 radical (unpaired) electrons. The van der Waals surface area contributed by atoms with Gasteiger partial charge in [0, 0.05) is 5.56 Å². The number of hydrogen-bond donors (Lipinski definition) is 0. The zero-order valence-electron chi connectivity index (χ0n) is 9.03. The molecule has 0 bridgehead atoms. The summed E-state index contributed by atoms with van der Waals surface area (Å²) in [7, 11) is 0. The van der Waals surface area contributed by atoms with Crippen LogP contribution in [-0.4, -0.2) is 18.4 Å². The van der Waals surface area contributed by atoms with Crippen LogP contribution in [0.3, 0.4) is 0 Å². The van der Waals surface area contributed by atoms with E-state index in [-0.39, 0.29) is 41.8 Å². The fraction of sp³-hybridized carbons (Fsp3) is 0.273. The number of benzene rings is 1. The van der Waals surface area contributed by atoms with Crippen molar-refractivity contribution < 1.29 is 43.9 Å². The monoisotopic (exact) mass is 215 g/mol. The van der Waals surface area contributed by atoms with Crippen LogP contribution in [0, 0.1) is 0 Å². The summed E-state index contributed by atoms with van der Waals surface area (Å²) >= 11 is 0. The molecule has 1 aromatic rings. The number of carbonyl (C=O) groups excluding carboxylic acids is 2. The second-order valence-electron chi connectivity index (χ2n) is 2.77. The smallest absolute Gasteiger partial charge is 0.466 e. The molecular weight excluding hydrogens is 203 g/mol. The third-order valence-electron chi connectivity index (χ3n) is 1.71. The Balaban J connectivity index is 0.00000196. The third-order valence-corrected chi connectivity index (χ3v) is 1.71. The fourth-order valence-electron chi connectivity index (χ4n) is 1.07. The molecule has 1 aromatic carbocycles. The topological polar surface area (TPSA) is 43.4 Å². The normalized spacial score (nSPS) is 8.87. The minimum atomic E-state index is -0.471. The van der Waals surface area contributed by atoms with Crippen molar-refractivity contribution in [3.63, 3.8) is 0 Å². The van der Waals surface area contributed by atoms with Crippen LogP contribution in [0.15, 0.2) is 30.3 Å². The van der Waals surface area contributed by atoms with Crippen LogP contribution in [0.4, 0.5) is 0 Å². The van der Waals surface area contributed by atoms with Crippen LogP contribution in [0.5, 0.6) is 0 Å². The minimum absolute atomic E-state index is 0. The average molecular weight is 215 g/mol. The van der Waals surface area contributed by atoms with Crippen LogP contribution in [0.2, 0.25) is 0 Å². The summed E-state index contributed by atoms with van der Waals surface area (Å²) in [5, 5.41) is 0. The van der Waals surface area contributed by atoms with Crippen molar-refractivity contribution in [2.45, 2.75) is 13.3 Å². The zero-order valence-corrected chi connectivity index (χ0v) is 11.0. The third kappa shape index (κ3) is 5.11. The molecule has 0 atom stereocenters. The Bertz CT molecular complexity index is 322. The van der Waals surface area contributed by atoms with E-state index in [1.807, 2.05) is 6.07 Å². The molecule has 4 heteroatoms. The van der Waals surface area contributed by atoms with Gasteiger partial charge in [-0.25, -0.2) is 0 Å². The summed E-state index contributed by atoms with van der Waals surface area (Å²) in [6.07, 6.45) is -0.183. The van der Waals surface area contributed by atoms with E-state index in [1.165, 1.54) is 0 Å². The van der Waals surface area contributed by atoms with Crippen LogP contribution >= 0.6 is 0 Å². The summed E-state index contributed by atoms with van der Waals surface area (Å²) in [4.78, 5) is 22.4. The van der Waals surface area contributed by atoms with Crippen molar-refractivity contribution in [2.24, 2.45) is 0 Å². The number of rotatable bonds is 4. The quantitative estimate of drug-likeness (QED) is 0.275. The molecule has 0 aliphatic rings. The van der Waals surface area contributed by atoms with Gasteiger partial charge in [0.2, 0.25) is 0 Å². The van der Waals surface area contributed by atoms with Gasteiger partial charge in [0.05, 0.1) is 6.61 Å². The molecule has 0 unspecified atom stereocenters. The van der Waals surface area contributed by atoms with Gasteiger partial charge in [-0.15, -0.1) is 0 Å². The Hall–Kier alpha value is -0.640. The molecule has 0 saturated heterocycles. The van der Waals surface area contributed by atoms with E-state index in [1.54, 1.807) is 31.2 Å². The van der Waals surface area contributed by atoms with E-state index in [9.17, 15) is 9.59 Å². The molecule has 74 valence electrons. The molecule has 0 amide bonds. The van der Waals surface area contributed by atoms with Crippen molar-refractivity contribution in [1.29, 1.82) is 0 Å². The van der Waals surface area contributed by atoms with Crippen molar-refractivity contribution >= 4 is 11.8 Å². The molecule has 0 spiro atoms. The van der Waals surface area contributed by atoms with Gasteiger partial charge in [-0.05, 0) is 6.92 Å². The number of ketones is 1. The van der Waals surface area contributed by atoms with Crippen molar-refractivity contribution in [3.8, 4) is 0 Å². The van der Waals surface area contributed by atoms with Crippen LogP contribution in [0.25, 0.3) is 0 Å². The fourth-order valence-corrected chi connectivity index (χ4v) is 1.07. The van der Waals surface area contributed by atoms with E-state index in [0.717, 1.165) is 0 Å². The Morgan fingerprint density at radius 2 is 1.80 bits per heavy atom. The minimum Gasteiger partial charge on any atom is -0.466 e. The number of carbonyl (C=O) groups is 2. The van der Waals surface area contributed by atoms with Crippen LogP contribution in [0.1, 0.15) is 23.7 Å². The Morgan fingerprint density at radius 3 is 2.33 bits per heavy atom. The summed E-state index contributed by atoms with van der Waals surface area (Å²) in [5.41, 5.74) is 0.542. The molecule has 0 fully saturated rings. The Kier molecular flexibility index (Phi) is 7.30. The zero-order chi connectivity index (χ0) is 10.4. The first-order valence-electron chi connectivity index (χ1n) is 4.48. The molecule has 1 rings (SSSR count). The van der Waals surface area contributed by atoms with Crippen LogP contribution < -0.4 is 29.6 Å². The van der Waals surface area contributed by atoms with Crippen LogP contribution in [-0.2, 0) is 9.53 Å². The number of Topliss-reactive ketones (excluding diaryl/α,β-unsaturated/α-hetero) is 1. The molecule has 3 nitrogen and oxygen atoms in total. The Morgan fingerprint density at radius 1 is 1.20 bits per heavy atom. The molecule has 0 aliphatic carbocycles. The first-order chi connectivity index (χ1) is 6.74. The molecule has 0 saturated carbocycles. The first-order valence-corrected chi connectivity index (χ1v) is 4.48. The summed E-state index contributed by atoms with van der Waals surface area (Å²) < 4.78 is 4.67. The molecule has 0 N–H and O–H groups in total. The van der Waals surface area contributed by atoms with Crippen molar-refractivity contribution in [3.05, 3.63) is 35.9 Å². The van der Waals surface area contributed by atoms with Gasteiger partial charge in [0.15, 0.2) is 5.78 Å². The summed E-state index contributed by atoms with van der Waals surface area (Å²) in [6.45, 7) is 2.02. The number of hydrogen-bond acceptors (Lipinski definition) is 3. The van der Waals surface area contributed by atoms with Gasteiger partial charge in [-0.3, -0.25) is 9.59 Å². The molecule has 0 aliphatic heterocycles. The van der Waals surface area contributed by atoms with Gasteiger partial charge < -0.3 is 4.74 Å². The predicted molar refractivity (Wildman–Crippen MR) is 52.0 cm³/mol. The molecule has 0 aromatic heterocycles. The first kappa shape index (κ1) is 14.4. The van der Waals surface area contributed by atoms with Gasteiger partial charge in [0.1, 0.15) is 6.42 Å². The Labute approximate surface area is 111 Å².